The Balaban J connectivity index is 1.51. The van der Waals surface area contributed by atoms with Gasteiger partial charge in [-0.3, -0.25) is 9.69 Å². The zero-order valence-electron chi connectivity index (χ0n) is 17.5. The van der Waals surface area contributed by atoms with Crippen LogP contribution in [0.3, 0.4) is 0 Å². The third kappa shape index (κ3) is 5.64. The van der Waals surface area contributed by atoms with Crippen LogP contribution in [0.2, 0.25) is 0 Å². The lowest BCUT2D eigenvalue weighted by atomic mass is 10.1. The second-order valence-electron chi connectivity index (χ2n) is 7.09. The van der Waals surface area contributed by atoms with Gasteiger partial charge in [-0.1, -0.05) is 12.1 Å². The fraction of sp³-hybridized carbons (Fsp3) is 0.435. The molecule has 0 unspecified atom stereocenters. The highest BCUT2D eigenvalue weighted by Gasteiger charge is 2.22. The molecule has 2 aromatic rings. The number of ether oxygens (including phenoxy) is 3. The standard InChI is InChI=1S/C23H30N2O4/c1-4-29-20-7-5-18(6-8-20)15-23(26)25-13-11-24(12-14-25)17-19-16-21(27-2)9-10-22(19)28-3/h5-10,16H,4,11-15,17H2,1-3H3. The summed E-state index contributed by atoms with van der Waals surface area (Å²) in [6, 6.07) is 13.6. The first-order valence-electron chi connectivity index (χ1n) is 10.1. The quantitative estimate of drug-likeness (QED) is 0.684. The van der Waals surface area contributed by atoms with Crippen molar-refractivity contribution in [3.8, 4) is 17.2 Å². The van der Waals surface area contributed by atoms with E-state index in [1.54, 1.807) is 14.2 Å². The van der Waals surface area contributed by atoms with Crippen molar-refractivity contribution in [1.29, 1.82) is 0 Å². The van der Waals surface area contributed by atoms with Crippen LogP contribution in [0.5, 0.6) is 17.2 Å². The van der Waals surface area contributed by atoms with Gasteiger partial charge in [-0.15, -0.1) is 0 Å². The zero-order chi connectivity index (χ0) is 20.6. The number of methoxy groups -OCH3 is 2. The van der Waals surface area contributed by atoms with E-state index in [2.05, 4.69) is 4.90 Å². The van der Waals surface area contributed by atoms with E-state index in [1.165, 1.54) is 0 Å². The second-order valence-corrected chi connectivity index (χ2v) is 7.09. The van der Waals surface area contributed by atoms with Crippen molar-refractivity contribution in [2.24, 2.45) is 0 Å². The molecule has 29 heavy (non-hydrogen) atoms. The van der Waals surface area contributed by atoms with Crippen LogP contribution >= 0.6 is 0 Å². The van der Waals surface area contributed by atoms with Crippen molar-refractivity contribution in [2.45, 2.75) is 19.9 Å². The number of carbonyl (C=O) groups excluding carboxylic acids is 1. The largest absolute Gasteiger partial charge is 0.497 e. The molecule has 0 aromatic heterocycles. The summed E-state index contributed by atoms with van der Waals surface area (Å²) in [6.45, 7) is 6.54. The summed E-state index contributed by atoms with van der Waals surface area (Å²) in [4.78, 5) is 17.0. The normalized spacial score (nSPS) is 14.5. The highest BCUT2D eigenvalue weighted by atomic mass is 16.5. The molecule has 1 saturated heterocycles. The van der Waals surface area contributed by atoms with Gasteiger partial charge in [0.1, 0.15) is 17.2 Å². The number of hydrogen-bond acceptors (Lipinski definition) is 5. The lowest BCUT2D eigenvalue weighted by Crippen LogP contribution is -2.48. The molecule has 6 nitrogen and oxygen atoms in total. The summed E-state index contributed by atoms with van der Waals surface area (Å²) in [5, 5.41) is 0. The summed E-state index contributed by atoms with van der Waals surface area (Å²) in [6.07, 6.45) is 0.427. The first-order valence-corrected chi connectivity index (χ1v) is 10.1. The summed E-state index contributed by atoms with van der Waals surface area (Å²) >= 11 is 0. The van der Waals surface area contributed by atoms with Gasteiger partial charge >= 0.3 is 0 Å². The van der Waals surface area contributed by atoms with Crippen LogP contribution in [-0.2, 0) is 17.8 Å². The molecule has 0 aliphatic carbocycles. The van der Waals surface area contributed by atoms with Gasteiger partial charge in [-0.05, 0) is 42.8 Å². The molecule has 1 amide bonds. The molecule has 2 aromatic carbocycles. The third-order valence-corrected chi connectivity index (χ3v) is 5.20. The Morgan fingerprint density at radius 3 is 2.24 bits per heavy atom. The van der Waals surface area contributed by atoms with Gasteiger partial charge in [0, 0.05) is 38.3 Å². The lowest BCUT2D eigenvalue weighted by Gasteiger charge is -2.35. The molecule has 1 aliphatic heterocycles. The van der Waals surface area contributed by atoms with Gasteiger partial charge in [0.25, 0.3) is 0 Å². The van der Waals surface area contributed by atoms with Crippen LogP contribution in [-0.4, -0.2) is 62.7 Å². The molecule has 156 valence electrons. The molecule has 0 spiro atoms. The minimum atomic E-state index is 0.174. The Morgan fingerprint density at radius 2 is 1.62 bits per heavy atom. The Morgan fingerprint density at radius 1 is 0.931 bits per heavy atom. The summed E-state index contributed by atoms with van der Waals surface area (Å²) in [7, 11) is 3.35. The van der Waals surface area contributed by atoms with Crippen LogP contribution in [0.4, 0.5) is 0 Å². The zero-order valence-corrected chi connectivity index (χ0v) is 17.5. The molecule has 1 aliphatic rings. The maximum atomic E-state index is 12.7. The predicted octanol–water partition coefficient (Wildman–Crippen LogP) is 2.99. The summed E-state index contributed by atoms with van der Waals surface area (Å²) in [5.41, 5.74) is 2.11. The van der Waals surface area contributed by atoms with E-state index in [-0.39, 0.29) is 5.91 Å². The highest BCUT2D eigenvalue weighted by Crippen LogP contribution is 2.25. The van der Waals surface area contributed by atoms with E-state index in [0.29, 0.717) is 13.0 Å². The molecule has 0 radical (unpaired) electrons. The fourth-order valence-electron chi connectivity index (χ4n) is 3.56. The first kappa shape index (κ1) is 21.0. The summed E-state index contributed by atoms with van der Waals surface area (Å²) < 4.78 is 16.3. The van der Waals surface area contributed by atoms with Gasteiger partial charge in [-0.2, -0.15) is 0 Å². The molecule has 1 heterocycles. The molecule has 0 N–H and O–H groups in total. The maximum Gasteiger partial charge on any atom is 0.227 e. The molecule has 0 atom stereocenters. The summed E-state index contributed by atoms with van der Waals surface area (Å²) in [5.74, 6) is 2.70. The van der Waals surface area contributed by atoms with Crippen molar-refractivity contribution in [2.75, 3.05) is 47.0 Å². The predicted molar refractivity (Wildman–Crippen MR) is 113 cm³/mol. The van der Waals surface area contributed by atoms with Gasteiger partial charge in [0.05, 0.1) is 27.2 Å². The van der Waals surface area contributed by atoms with Crippen molar-refractivity contribution in [3.63, 3.8) is 0 Å². The molecule has 1 fully saturated rings. The Hall–Kier alpha value is -2.73. The van der Waals surface area contributed by atoms with Crippen molar-refractivity contribution in [3.05, 3.63) is 53.6 Å². The van der Waals surface area contributed by atoms with Crippen molar-refractivity contribution in [1.82, 2.24) is 9.80 Å². The van der Waals surface area contributed by atoms with Gasteiger partial charge < -0.3 is 19.1 Å². The van der Waals surface area contributed by atoms with E-state index < -0.39 is 0 Å². The molecule has 0 saturated carbocycles. The molecule has 3 rings (SSSR count). The second kappa shape index (κ2) is 10.2. The van der Waals surface area contributed by atoms with Crippen LogP contribution < -0.4 is 14.2 Å². The molecular formula is C23H30N2O4. The SMILES string of the molecule is CCOc1ccc(CC(=O)N2CCN(Cc3cc(OC)ccc3OC)CC2)cc1. The van der Waals surface area contributed by atoms with Crippen LogP contribution in [0.15, 0.2) is 42.5 Å². The minimum absolute atomic E-state index is 0.174. The van der Waals surface area contributed by atoms with Crippen LogP contribution in [0.25, 0.3) is 0 Å². The Bertz CT molecular complexity index is 799. The number of hydrogen-bond donors (Lipinski definition) is 0. The number of amides is 1. The van der Waals surface area contributed by atoms with Gasteiger partial charge in [-0.25, -0.2) is 0 Å². The van der Waals surface area contributed by atoms with Crippen molar-refractivity contribution < 1.29 is 19.0 Å². The first-order chi connectivity index (χ1) is 14.1. The topological polar surface area (TPSA) is 51.2 Å². The Kier molecular flexibility index (Phi) is 7.36. The average Bonchev–Trinajstić information content (AvgIpc) is 2.75. The van der Waals surface area contributed by atoms with Gasteiger partial charge in [0.15, 0.2) is 0 Å². The number of rotatable bonds is 8. The molecular weight excluding hydrogens is 368 g/mol. The molecule has 0 bridgehead atoms. The lowest BCUT2D eigenvalue weighted by molar-refractivity contribution is -0.132. The highest BCUT2D eigenvalue weighted by molar-refractivity contribution is 5.79. The Labute approximate surface area is 173 Å². The smallest absolute Gasteiger partial charge is 0.227 e. The fourth-order valence-corrected chi connectivity index (χ4v) is 3.56. The number of carbonyl (C=O) groups is 1. The van der Waals surface area contributed by atoms with Gasteiger partial charge in [0.2, 0.25) is 5.91 Å². The van der Waals surface area contributed by atoms with E-state index in [9.17, 15) is 4.79 Å². The average molecular weight is 399 g/mol. The van der Waals surface area contributed by atoms with E-state index >= 15 is 0 Å². The van der Waals surface area contributed by atoms with E-state index in [1.807, 2.05) is 54.3 Å². The van der Waals surface area contributed by atoms with E-state index in [0.717, 1.165) is 61.1 Å². The third-order valence-electron chi connectivity index (χ3n) is 5.20. The van der Waals surface area contributed by atoms with Crippen LogP contribution in [0, 0.1) is 0 Å². The van der Waals surface area contributed by atoms with Crippen molar-refractivity contribution >= 4 is 5.91 Å². The number of nitrogens with zero attached hydrogens (tertiary/aromatic N) is 2. The monoisotopic (exact) mass is 398 g/mol. The number of piperazine rings is 1. The maximum absolute atomic E-state index is 12.7. The number of benzene rings is 2. The van der Waals surface area contributed by atoms with E-state index in [4.69, 9.17) is 14.2 Å². The minimum Gasteiger partial charge on any atom is -0.497 e. The molecule has 6 heteroatoms. The van der Waals surface area contributed by atoms with Crippen LogP contribution in [0.1, 0.15) is 18.1 Å².